The molecular weight excluding hydrogens is 351 g/mol. The van der Waals surface area contributed by atoms with Crippen molar-refractivity contribution >= 4 is 11.8 Å². The number of ether oxygens (including phenoxy) is 2. The number of methoxy groups -OCH3 is 1. The summed E-state index contributed by atoms with van der Waals surface area (Å²) in [6, 6.07) is 4.07. The van der Waals surface area contributed by atoms with E-state index in [0.717, 1.165) is 25.7 Å². The monoisotopic (exact) mass is 378 g/mol. The summed E-state index contributed by atoms with van der Waals surface area (Å²) in [5.74, 6) is -0.969. The van der Waals surface area contributed by atoms with Crippen molar-refractivity contribution in [2.24, 2.45) is 5.92 Å². The van der Waals surface area contributed by atoms with E-state index in [1.807, 2.05) is 0 Å². The van der Waals surface area contributed by atoms with Gasteiger partial charge >= 0.3 is 0 Å². The molecule has 148 valence electrons. The zero-order valence-corrected chi connectivity index (χ0v) is 15.7. The number of amides is 2. The van der Waals surface area contributed by atoms with Crippen LogP contribution in [-0.4, -0.2) is 56.2 Å². The minimum Gasteiger partial charge on any atom is -0.494 e. The van der Waals surface area contributed by atoms with Crippen LogP contribution in [0, 0.1) is 11.7 Å². The number of carbonyl (C=O) groups excluding carboxylic acids is 2. The van der Waals surface area contributed by atoms with Gasteiger partial charge in [-0.05, 0) is 37.5 Å². The van der Waals surface area contributed by atoms with Crippen molar-refractivity contribution in [2.75, 3.05) is 33.4 Å². The molecular formula is C20H27FN2O4. The highest BCUT2D eigenvalue weighted by Crippen LogP contribution is 2.31. The van der Waals surface area contributed by atoms with Gasteiger partial charge in [0.1, 0.15) is 0 Å². The summed E-state index contributed by atoms with van der Waals surface area (Å²) < 4.78 is 24.6. The summed E-state index contributed by atoms with van der Waals surface area (Å²) in [4.78, 5) is 27.6. The van der Waals surface area contributed by atoms with Crippen LogP contribution in [0.5, 0.6) is 5.75 Å². The molecule has 6 nitrogen and oxygen atoms in total. The molecule has 1 aromatic rings. The molecule has 2 amide bonds. The van der Waals surface area contributed by atoms with Crippen molar-refractivity contribution in [2.45, 2.75) is 38.1 Å². The molecule has 2 atom stereocenters. The van der Waals surface area contributed by atoms with Crippen LogP contribution in [0.15, 0.2) is 18.2 Å². The van der Waals surface area contributed by atoms with Gasteiger partial charge in [0, 0.05) is 31.3 Å². The van der Waals surface area contributed by atoms with E-state index >= 15 is 0 Å². The lowest BCUT2D eigenvalue weighted by atomic mass is 9.82. The molecule has 27 heavy (non-hydrogen) atoms. The van der Waals surface area contributed by atoms with E-state index in [1.54, 1.807) is 11.0 Å². The summed E-state index contributed by atoms with van der Waals surface area (Å²) >= 11 is 0. The van der Waals surface area contributed by atoms with Gasteiger partial charge in [-0.15, -0.1) is 0 Å². The number of rotatable bonds is 2. The molecule has 3 rings (SSSR count). The number of hydrogen-bond donors (Lipinski definition) is 1. The Hall–Kier alpha value is -2.15. The van der Waals surface area contributed by atoms with E-state index < -0.39 is 5.82 Å². The van der Waals surface area contributed by atoms with Gasteiger partial charge in [0.25, 0.3) is 5.91 Å². The topological polar surface area (TPSA) is 67.9 Å². The van der Waals surface area contributed by atoms with Gasteiger partial charge < -0.3 is 19.7 Å². The molecule has 0 radical (unpaired) electrons. The van der Waals surface area contributed by atoms with Crippen molar-refractivity contribution in [3.63, 3.8) is 0 Å². The molecule has 0 spiro atoms. The standard InChI is InChI=1S/C20H27FN2O4/c1-26-18-8-7-14(13-16(18)21)20(25)23-10-4-11-27-12-9-22-19(24)15-5-2-3-6-17(15)23/h7-8,13,15,17H,2-6,9-12H2,1H3,(H,22,24). The maximum absolute atomic E-state index is 14.1. The third kappa shape index (κ3) is 4.58. The van der Waals surface area contributed by atoms with E-state index in [2.05, 4.69) is 5.32 Å². The second kappa shape index (κ2) is 9.17. The highest BCUT2D eigenvalue weighted by Gasteiger charge is 2.37. The predicted molar refractivity (Wildman–Crippen MR) is 98.2 cm³/mol. The Bertz CT molecular complexity index is 682. The summed E-state index contributed by atoms with van der Waals surface area (Å²) in [5.41, 5.74) is 0.272. The van der Waals surface area contributed by atoms with Crippen molar-refractivity contribution in [1.29, 1.82) is 0 Å². The molecule has 2 aliphatic rings. The van der Waals surface area contributed by atoms with E-state index in [0.29, 0.717) is 32.7 Å². The zero-order valence-electron chi connectivity index (χ0n) is 15.7. The largest absolute Gasteiger partial charge is 0.494 e. The molecule has 2 fully saturated rings. The van der Waals surface area contributed by atoms with E-state index in [4.69, 9.17) is 9.47 Å². The maximum atomic E-state index is 14.1. The number of nitrogens with one attached hydrogen (secondary N) is 1. The highest BCUT2D eigenvalue weighted by atomic mass is 19.1. The molecule has 0 aromatic heterocycles. The SMILES string of the molecule is COc1ccc(C(=O)N2CCCOCCNC(=O)C3CCCCC32)cc1F. The zero-order chi connectivity index (χ0) is 19.2. The van der Waals surface area contributed by atoms with Crippen LogP contribution >= 0.6 is 0 Å². The lowest BCUT2D eigenvalue weighted by molar-refractivity contribution is -0.128. The Balaban J connectivity index is 1.88. The Morgan fingerprint density at radius 3 is 2.85 bits per heavy atom. The van der Waals surface area contributed by atoms with Gasteiger partial charge in [-0.3, -0.25) is 9.59 Å². The molecule has 0 bridgehead atoms. The number of hydrogen-bond acceptors (Lipinski definition) is 4. The van der Waals surface area contributed by atoms with Gasteiger partial charge in [-0.2, -0.15) is 0 Å². The normalized spacial score (nSPS) is 24.4. The molecule has 1 saturated heterocycles. The van der Waals surface area contributed by atoms with E-state index in [1.165, 1.54) is 19.2 Å². The average molecular weight is 378 g/mol. The smallest absolute Gasteiger partial charge is 0.254 e. The highest BCUT2D eigenvalue weighted by molar-refractivity contribution is 5.95. The average Bonchev–Trinajstić information content (AvgIpc) is 2.72. The first-order valence-corrected chi connectivity index (χ1v) is 9.62. The Morgan fingerprint density at radius 2 is 2.07 bits per heavy atom. The fourth-order valence-corrected chi connectivity index (χ4v) is 3.99. The lowest BCUT2D eigenvalue weighted by Gasteiger charge is -2.39. The quantitative estimate of drug-likeness (QED) is 0.858. The van der Waals surface area contributed by atoms with Crippen molar-refractivity contribution in [1.82, 2.24) is 10.2 Å². The Morgan fingerprint density at radius 1 is 1.26 bits per heavy atom. The van der Waals surface area contributed by atoms with Gasteiger partial charge in [-0.25, -0.2) is 4.39 Å². The Labute approximate surface area is 159 Å². The van der Waals surface area contributed by atoms with Crippen molar-refractivity contribution < 1.29 is 23.5 Å². The second-order valence-electron chi connectivity index (χ2n) is 7.06. The molecule has 1 aliphatic carbocycles. The minimum atomic E-state index is -0.567. The number of nitrogens with zero attached hydrogens (tertiary/aromatic N) is 1. The maximum Gasteiger partial charge on any atom is 0.254 e. The lowest BCUT2D eigenvalue weighted by Crippen LogP contribution is -2.51. The van der Waals surface area contributed by atoms with Crippen molar-refractivity contribution in [3.8, 4) is 5.75 Å². The van der Waals surface area contributed by atoms with Gasteiger partial charge in [0.15, 0.2) is 11.6 Å². The minimum absolute atomic E-state index is 0.0242. The van der Waals surface area contributed by atoms with Crippen LogP contribution in [0.1, 0.15) is 42.5 Å². The fraction of sp³-hybridized carbons (Fsp3) is 0.600. The molecule has 1 heterocycles. The van der Waals surface area contributed by atoms with E-state index in [-0.39, 0.29) is 35.1 Å². The van der Waals surface area contributed by atoms with Crippen LogP contribution < -0.4 is 10.1 Å². The first kappa shape index (κ1) is 19.6. The van der Waals surface area contributed by atoms with Gasteiger partial charge in [0.05, 0.1) is 19.6 Å². The van der Waals surface area contributed by atoms with Gasteiger partial charge in [-0.1, -0.05) is 12.8 Å². The first-order valence-electron chi connectivity index (χ1n) is 9.62. The van der Waals surface area contributed by atoms with Crippen molar-refractivity contribution in [3.05, 3.63) is 29.6 Å². The summed E-state index contributed by atoms with van der Waals surface area (Å²) in [5, 5.41) is 2.92. The predicted octanol–water partition coefficient (Wildman–Crippen LogP) is 2.37. The van der Waals surface area contributed by atoms with Crippen LogP contribution in [0.25, 0.3) is 0 Å². The molecule has 1 N–H and O–H groups in total. The summed E-state index contributed by atoms with van der Waals surface area (Å²) in [6.07, 6.45) is 4.18. The molecule has 7 heteroatoms. The van der Waals surface area contributed by atoms with Crippen LogP contribution in [0.2, 0.25) is 0 Å². The number of carbonyl (C=O) groups is 2. The van der Waals surface area contributed by atoms with Crippen LogP contribution in [-0.2, 0) is 9.53 Å². The summed E-state index contributed by atoms with van der Waals surface area (Å²) in [6.45, 7) is 1.97. The summed E-state index contributed by atoms with van der Waals surface area (Å²) in [7, 11) is 1.39. The Kier molecular flexibility index (Phi) is 6.66. The number of benzene rings is 1. The number of fused-ring (bicyclic) bond motifs is 1. The van der Waals surface area contributed by atoms with Crippen LogP contribution in [0.3, 0.4) is 0 Å². The number of halogens is 1. The molecule has 1 saturated carbocycles. The fourth-order valence-electron chi connectivity index (χ4n) is 3.99. The van der Waals surface area contributed by atoms with Gasteiger partial charge in [0.2, 0.25) is 5.91 Å². The molecule has 1 aliphatic heterocycles. The van der Waals surface area contributed by atoms with E-state index in [9.17, 15) is 14.0 Å². The molecule has 1 aromatic carbocycles. The first-order chi connectivity index (χ1) is 13.1. The van der Waals surface area contributed by atoms with Crippen LogP contribution in [0.4, 0.5) is 4.39 Å². The third-order valence-corrected chi connectivity index (χ3v) is 5.36. The third-order valence-electron chi connectivity index (χ3n) is 5.36. The molecule has 2 unspecified atom stereocenters. The second-order valence-corrected chi connectivity index (χ2v) is 7.06.